The van der Waals surface area contributed by atoms with Gasteiger partial charge in [-0.15, -0.1) is 0 Å². The molecule has 3 rings (SSSR count). The van der Waals surface area contributed by atoms with Gasteiger partial charge in [0.05, 0.1) is 6.26 Å². The molecule has 1 aromatic rings. The van der Waals surface area contributed by atoms with E-state index < -0.39 is 0 Å². The third-order valence-electron chi connectivity index (χ3n) is 3.37. The Morgan fingerprint density at radius 2 is 2.27 bits per heavy atom. The van der Waals surface area contributed by atoms with Crippen molar-refractivity contribution in [3.8, 4) is 0 Å². The van der Waals surface area contributed by atoms with Gasteiger partial charge in [0.25, 0.3) is 0 Å². The number of carbonyl (C=O) groups excluding carboxylic acids is 1. The molecule has 1 saturated heterocycles. The fraction of sp³-hybridized carbons (Fsp3) is 0.583. The van der Waals surface area contributed by atoms with E-state index >= 15 is 0 Å². The van der Waals surface area contributed by atoms with Crippen molar-refractivity contribution in [3.63, 3.8) is 0 Å². The highest BCUT2D eigenvalue weighted by molar-refractivity contribution is 5.81. The van der Waals surface area contributed by atoms with E-state index in [2.05, 4.69) is 0 Å². The summed E-state index contributed by atoms with van der Waals surface area (Å²) >= 11 is 0. The molecule has 1 aliphatic heterocycles. The maximum atomic E-state index is 11.8. The molecule has 1 saturated carbocycles. The van der Waals surface area contributed by atoms with Crippen LogP contribution in [0.15, 0.2) is 22.8 Å². The van der Waals surface area contributed by atoms with E-state index in [1.807, 2.05) is 17.0 Å². The Morgan fingerprint density at radius 3 is 2.93 bits per heavy atom. The van der Waals surface area contributed by atoms with Crippen molar-refractivity contribution < 1.29 is 9.21 Å². The third-order valence-corrected chi connectivity index (χ3v) is 3.37. The molecule has 15 heavy (non-hydrogen) atoms. The number of carbonyl (C=O) groups is 1. The van der Waals surface area contributed by atoms with Crippen LogP contribution in [0, 0.1) is 5.92 Å². The highest BCUT2D eigenvalue weighted by Gasteiger charge is 2.37. The van der Waals surface area contributed by atoms with Gasteiger partial charge in [-0.1, -0.05) is 0 Å². The average molecular weight is 205 g/mol. The van der Waals surface area contributed by atoms with E-state index in [1.165, 1.54) is 0 Å². The van der Waals surface area contributed by atoms with Crippen molar-refractivity contribution in [1.82, 2.24) is 4.90 Å². The summed E-state index contributed by atoms with van der Waals surface area (Å²) in [5.74, 6) is 2.16. The van der Waals surface area contributed by atoms with Gasteiger partial charge < -0.3 is 9.32 Å². The van der Waals surface area contributed by atoms with Crippen LogP contribution in [-0.2, 0) is 4.79 Å². The quantitative estimate of drug-likeness (QED) is 0.740. The number of nitrogens with zero attached hydrogens (tertiary/aromatic N) is 1. The van der Waals surface area contributed by atoms with E-state index in [1.54, 1.807) is 6.26 Å². The summed E-state index contributed by atoms with van der Waals surface area (Å²) in [6, 6.07) is 3.93. The summed E-state index contributed by atoms with van der Waals surface area (Å²) in [6.07, 6.45) is 4.95. The summed E-state index contributed by atoms with van der Waals surface area (Å²) in [5.41, 5.74) is 0. The molecule has 0 radical (unpaired) electrons. The van der Waals surface area contributed by atoms with Crippen LogP contribution in [0.5, 0.6) is 0 Å². The lowest BCUT2D eigenvalue weighted by atomic mass is 10.1. The van der Waals surface area contributed by atoms with Crippen LogP contribution in [0.25, 0.3) is 0 Å². The highest BCUT2D eigenvalue weighted by atomic mass is 16.3. The number of amides is 1. The van der Waals surface area contributed by atoms with Crippen molar-refractivity contribution in [1.29, 1.82) is 0 Å². The first-order chi connectivity index (χ1) is 7.34. The van der Waals surface area contributed by atoms with Crippen LogP contribution in [0.3, 0.4) is 0 Å². The summed E-state index contributed by atoms with van der Waals surface area (Å²) in [5, 5.41) is 0. The van der Waals surface area contributed by atoms with Crippen LogP contribution in [0.4, 0.5) is 0 Å². The van der Waals surface area contributed by atoms with Gasteiger partial charge >= 0.3 is 0 Å². The van der Waals surface area contributed by atoms with Gasteiger partial charge in [0, 0.05) is 24.9 Å². The number of hydrogen-bond acceptors (Lipinski definition) is 2. The predicted molar refractivity (Wildman–Crippen MR) is 55.4 cm³/mol. The summed E-state index contributed by atoms with van der Waals surface area (Å²) in [4.78, 5) is 13.8. The molecule has 1 unspecified atom stereocenters. The summed E-state index contributed by atoms with van der Waals surface area (Å²) < 4.78 is 5.38. The van der Waals surface area contributed by atoms with Gasteiger partial charge in [0.1, 0.15) is 5.76 Å². The molecular formula is C12H15NO2. The maximum absolute atomic E-state index is 11.8. The Kier molecular flexibility index (Phi) is 2.04. The second-order valence-corrected chi connectivity index (χ2v) is 4.56. The number of hydrogen-bond donors (Lipinski definition) is 0. The molecule has 1 aromatic heterocycles. The zero-order valence-electron chi connectivity index (χ0n) is 8.69. The van der Waals surface area contributed by atoms with Crippen molar-refractivity contribution in [2.24, 2.45) is 5.92 Å². The molecular weight excluding hydrogens is 190 g/mol. The van der Waals surface area contributed by atoms with Crippen LogP contribution in [0.1, 0.15) is 30.9 Å². The second-order valence-electron chi connectivity index (χ2n) is 4.56. The molecule has 1 aliphatic carbocycles. The van der Waals surface area contributed by atoms with Crippen molar-refractivity contribution in [3.05, 3.63) is 24.2 Å². The molecule has 2 heterocycles. The number of rotatable bonds is 2. The molecule has 3 nitrogen and oxygen atoms in total. The molecule has 1 amide bonds. The zero-order chi connectivity index (χ0) is 10.3. The minimum absolute atomic E-state index is 0.348. The van der Waals surface area contributed by atoms with Crippen molar-refractivity contribution >= 4 is 5.91 Å². The van der Waals surface area contributed by atoms with Gasteiger partial charge in [0.15, 0.2) is 0 Å². The van der Waals surface area contributed by atoms with E-state index in [0.717, 1.165) is 38.1 Å². The van der Waals surface area contributed by atoms with E-state index in [4.69, 9.17) is 4.42 Å². The lowest BCUT2D eigenvalue weighted by Crippen LogP contribution is -2.29. The minimum Gasteiger partial charge on any atom is -0.469 e. The topological polar surface area (TPSA) is 33.5 Å². The Morgan fingerprint density at radius 1 is 1.40 bits per heavy atom. The second kappa shape index (κ2) is 3.40. The highest BCUT2D eigenvalue weighted by Crippen LogP contribution is 2.35. The first-order valence-corrected chi connectivity index (χ1v) is 5.67. The van der Waals surface area contributed by atoms with Crippen LogP contribution < -0.4 is 0 Å². The lowest BCUT2D eigenvalue weighted by Gasteiger charge is -2.15. The smallest absolute Gasteiger partial charge is 0.225 e. The van der Waals surface area contributed by atoms with Gasteiger partial charge in [-0.25, -0.2) is 0 Å². The monoisotopic (exact) mass is 205 g/mol. The Balaban J connectivity index is 1.65. The van der Waals surface area contributed by atoms with Crippen LogP contribution in [0.2, 0.25) is 0 Å². The number of likely N-dealkylation sites (tertiary alicyclic amines) is 1. The molecule has 0 aromatic carbocycles. The Hall–Kier alpha value is -1.25. The average Bonchev–Trinajstić information content (AvgIpc) is 2.80. The van der Waals surface area contributed by atoms with Crippen LogP contribution in [-0.4, -0.2) is 23.9 Å². The molecule has 0 bridgehead atoms. The molecule has 2 aliphatic rings. The molecule has 1 atom stereocenters. The first kappa shape index (κ1) is 9.01. The van der Waals surface area contributed by atoms with Gasteiger partial charge in [-0.2, -0.15) is 0 Å². The lowest BCUT2D eigenvalue weighted by molar-refractivity contribution is -0.131. The molecule has 80 valence electrons. The zero-order valence-corrected chi connectivity index (χ0v) is 8.69. The summed E-state index contributed by atoms with van der Waals surface area (Å²) in [7, 11) is 0. The van der Waals surface area contributed by atoms with Gasteiger partial charge in [-0.3, -0.25) is 4.79 Å². The number of furan rings is 1. The van der Waals surface area contributed by atoms with Gasteiger partial charge in [0.2, 0.25) is 5.91 Å². The van der Waals surface area contributed by atoms with Crippen LogP contribution >= 0.6 is 0 Å². The first-order valence-electron chi connectivity index (χ1n) is 5.67. The maximum Gasteiger partial charge on any atom is 0.225 e. The minimum atomic E-state index is 0.348. The molecule has 3 heteroatoms. The van der Waals surface area contributed by atoms with E-state index in [-0.39, 0.29) is 0 Å². The standard InChI is InChI=1S/C12H15NO2/c14-12(9-3-4-9)13-6-5-10(8-13)11-2-1-7-15-11/h1-2,7,9-10H,3-6,8H2. The predicted octanol–water partition coefficient (Wildman–Crippen LogP) is 2.01. The fourth-order valence-electron chi connectivity index (χ4n) is 2.30. The largest absolute Gasteiger partial charge is 0.469 e. The third kappa shape index (κ3) is 1.66. The SMILES string of the molecule is O=C(C1CC1)N1CCC(c2ccco2)C1. The summed E-state index contributed by atoms with van der Waals surface area (Å²) in [6.45, 7) is 1.75. The van der Waals surface area contributed by atoms with E-state index in [9.17, 15) is 4.79 Å². The molecule has 0 spiro atoms. The Bertz CT molecular complexity index is 354. The normalized spacial score (nSPS) is 25.9. The van der Waals surface area contributed by atoms with E-state index in [0.29, 0.717) is 17.7 Å². The molecule has 0 N–H and O–H groups in total. The van der Waals surface area contributed by atoms with Crippen molar-refractivity contribution in [2.45, 2.75) is 25.2 Å². The van der Waals surface area contributed by atoms with Gasteiger partial charge in [-0.05, 0) is 31.4 Å². The Labute approximate surface area is 89.1 Å². The van der Waals surface area contributed by atoms with Crippen molar-refractivity contribution in [2.75, 3.05) is 13.1 Å². The molecule has 2 fully saturated rings. The fourth-order valence-corrected chi connectivity index (χ4v) is 2.30.